The van der Waals surface area contributed by atoms with Crippen LogP contribution >= 0.6 is 12.2 Å². The van der Waals surface area contributed by atoms with Crippen molar-refractivity contribution in [2.45, 2.75) is 32.9 Å². The van der Waals surface area contributed by atoms with Gasteiger partial charge in [0.05, 0.1) is 23.3 Å². The van der Waals surface area contributed by atoms with Crippen LogP contribution in [0.15, 0.2) is 103 Å². The minimum absolute atomic E-state index is 0.209. The van der Waals surface area contributed by atoms with Gasteiger partial charge >= 0.3 is 5.97 Å². The van der Waals surface area contributed by atoms with Crippen LogP contribution in [-0.4, -0.2) is 25.7 Å². The maximum absolute atomic E-state index is 11.8. The van der Waals surface area contributed by atoms with Gasteiger partial charge in [0.15, 0.2) is 5.11 Å². The number of aromatic nitrogens is 2. The maximum Gasteiger partial charge on any atom is 0.335 e. The van der Waals surface area contributed by atoms with E-state index in [9.17, 15) is 9.90 Å². The number of hydrogen-bond donors (Lipinski definition) is 2. The number of carboxylic acids is 1. The van der Waals surface area contributed by atoms with Crippen LogP contribution in [0.1, 0.15) is 50.7 Å². The Labute approximate surface area is 250 Å². The standard InChI is InChI=1S/C34H30N4O3S/c1-21-12-13-24(33(39)40)20-30(21)37-22(2)19-28(23(37)3)32-31(29-11-7-8-18-35-29)36-34(42)38(32)25-14-16-27(17-15-25)41-26-9-5-4-6-10-26/h4-20,31-32H,1-3H3,(H,36,42)(H,39,40)/t31-,32+/m1/s1. The van der Waals surface area contributed by atoms with E-state index in [1.165, 1.54) is 0 Å². The van der Waals surface area contributed by atoms with E-state index in [0.717, 1.165) is 51.1 Å². The number of rotatable bonds is 7. The molecular weight excluding hydrogens is 544 g/mol. The quantitative estimate of drug-likeness (QED) is 0.195. The minimum atomic E-state index is -0.953. The van der Waals surface area contributed by atoms with Crippen molar-refractivity contribution in [3.63, 3.8) is 0 Å². The van der Waals surface area contributed by atoms with E-state index >= 15 is 0 Å². The number of aromatic carboxylic acids is 1. The summed E-state index contributed by atoms with van der Waals surface area (Å²) in [5.74, 6) is 0.546. The molecule has 0 unspecified atom stereocenters. The first-order valence-corrected chi connectivity index (χ1v) is 14.1. The normalized spacial score (nSPS) is 16.4. The molecule has 0 bridgehead atoms. The average molecular weight is 575 g/mol. The molecule has 0 saturated carbocycles. The molecule has 0 amide bonds. The van der Waals surface area contributed by atoms with Crippen LogP contribution in [0.2, 0.25) is 0 Å². The summed E-state index contributed by atoms with van der Waals surface area (Å²) in [5.41, 5.74) is 6.95. The van der Waals surface area contributed by atoms with Crippen molar-refractivity contribution in [3.05, 3.63) is 137 Å². The van der Waals surface area contributed by atoms with E-state index in [1.807, 2.05) is 92.7 Å². The Morgan fingerprint density at radius 1 is 0.905 bits per heavy atom. The van der Waals surface area contributed by atoms with E-state index in [-0.39, 0.29) is 17.6 Å². The van der Waals surface area contributed by atoms with Crippen LogP contribution in [-0.2, 0) is 0 Å². The van der Waals surface area contributed by atoms with Gasteiger partial charge in [-0.1, -0.05) is 30.3 Å². The molecule has 6 rings (SSSR count). The zero-order valence-corrected chi connectivity index (χ0v) is 24.3. The van der Waals surface area contributed by atoms with Crippen LogP contribution in [0, 0.1) is 20.8 Å². The fourth-order valence-electron chi connectivity index (χ4n) is 5.69. The predicted octanol–water partition coefficient (Wildman–Crippen LogP) is 7.47. The van der Waals surface area contributed by atoms with Gasteiger partial charge in [-0.25, -0.2) is 4.79 Å². The molecule has 42 heavy (non-hydrogen) atoms. The lowest BCUT2D eigenvalue weighted by atomic mass is 9.96. The Morgan fingerprint density at radius 3 is 2.31 bits per heavy atom. The number of nitrogens with zero attached hydrogens (tertiary/aromatic N) is 3. The minimum Gasteiger partial charge on any atom is -0.478 e. The van der Waals surface area contributed by atoms with Gasteiger partial charge in [-0.05, 0) is 111 Å². The molecule has 2 atom stereocenters. The summed E-state index contributed by atoms with van der Waals surface area (Å²) < 4.78 is 8.16. The molecule has 210 valence electrons. The molecule has 2 aromatic heterocycles. The van der Waals surface area contributed by atoms with Gasteiger partial charge in [-0.3, -0.25) is 4.98 Å². The molecule has 5 aromatic rings. The molecule has 0 spiro atoms. The van der Waals surface area contributed by atoms with E-state index in [1.54, 1.807) is 18.3 Å². The Bertz CT molecular complexity index is 1770. The number of aryl methyl sites for hydroxylation is 2. The second-order valence-electron chi connectivity index (χ2n) is 10.4. The highest BCUT2D eigenvalue weighted by Gasteiger charge is 2.42. The van der Waals surface area contributed by atoms with E-state index in [4.69, 9.17) is 17.0 Å². The van der Waals surface area contributed by atoms with Crippen molar-refractivity contribution in [1.29, 1.82) is 0 Å². The number of anilines is 1. The maximum atomic E-state index is 11.8. The van der Waals surface area contributed by atoms with Crippen LogP contribution in [0.25, 0.3) is 5.69 Å². The van der Waals surface area contributed by atoms with Gasteiger partial charge in [0, 0.05) is 29.0 Å². The summed E-state index contributed by atoms with van der Waals surface area (Å²) in [6, 6.07) is 30.5. The molecule has 3 heterocycles. The number of para-hydroxylation sites is 1. The van der Waals surface area contributed by atoms with Gasteiger partial charge in [0.25, 0.3) is 0 Å². The molecular formula is C34H30N4O3S. The Hall–Kier alpha value is -4.95. The summed E-state index contributed by atoms with van der Waals surface area (Å²) in [6.07, 6.45) is 1.79. The van der Waals surface area contributed by atoms with Gasteiger partial charge in [0.2, 0.25) is 0 Å². The lowest BCUT2D eigenvalue weighted by Crippen LogP contribution is -2.29. The van der Waals surface area contributed by atoms with E-state index in [0.29, 0.717) is 5.11 Å². The molecule has 7 nitrogen and oxygen atoms in total. The molecule has 1 aliphatic heterocycles. The summed E-state index contributed by atoms with van der Waals surface area (Å²) in [7, 11) is 0. The number of carbonyl (C=O) groups is 1. The summed E-state index contributed by atoms with van der Waals surface area (Å²) >= 11 is 5.94. The van der Waals surface area contributed by atoms with Gasteiger partial charge in [0.1, 0.15) is 11.5 Å². The van der Waals surface area contributed by atoms with Crippen molar-refractivity contribution < 1.29 is 14.6 Å². The summed E-state index contributed by atoms with van der Waals surface area (Å²) in [5, 5.41) is 13.8. The number of carboxylic acid groups (broad SMARTS) is 1. The zero-order valence-electron chi connectivity index (χ0n) is 23.5. The molecule has 1 aliphatic rings. The first-order valence-electron chi connectivity index (χ1n) is 13.7. The second kappa shape index (κ2) is 11.1. The number of benzene rings is 3. The first-order chi connectivity index (χ1) is 20.3. The van der Waals surface area contributed by atoms with Crippen molar-refractivity contribution in [3.8, 4) is 17.2 Å². The van der Waals surface area contributed by atoms with Gasteiger partial charge in [-0.2, -0.15) is 0 Å². The largest absolute Gasteiger partial charge is 0.478 e. The van der Waals surface area contributed by atoms with Crippen molar-refractivity contribution in [1.82, 2.24) is 14.9 Å². The molecule has 0 radical (unpaired) electrons. The lowest BCUT2D eigenvalue weighted by Gasteiger charge is -2.28. The highest BCUT2D eigenvalue weighted by Crippen LogP contribution is 2.44. The SMILES string of the molecule is Cc1ccc(C(=O)O)cc1-n1c(C)cc([C@H]2[C@@H](c3ccccn3)NC(=S)N2c2ccc(Oc3ccccc3)cc2)c1C. The molecule has 1 saturated heterocycles. The van der Waals surface area contributed by atoms with Crippen molar-refractivity contribution in [2.75, 3.05) is 4.90 Å². The van der Waals surface area contributed by atoms with Crippen molar-refractivity contribution >= 4 is 29.0 Å². The second-order valence-corrected chi connectivity index (χ2v) is 10.8. The number of pyridine rings is 1. The van der Waals surface area contributed by atoms with Gasteiger partial charge in [-0.15, -0.1) is 0 Å². The van der Waals surface area contributed by atoms with Crippen LogP contribution in [0.3, 0.4) is 0 Å². The topological polar surface area (TPSA) is 79.6 Å². The fourth-order valence-corrected chi connectivity index (χ4v) is 6.04. The highest BCUT2D eigenvalue weighted by atomic mass is 32.1. The van der Waals surface area contributed by atoms with Crippen LogP contribution in [0.5, 0.6) is 11.5 Å². The number of nitrogens with one attached hydrogen (secondary N) is 1. The molecule has 2 N–H and O–H groups in total. The zero-order chi connectivity index (χ0) is 29.4. The predicted molar refractivity (Wildman–Crippen MR) is 168 cm³/mol. The van der Waals surface area contributed by atoms with Crippen molar-refractivity contribution in [2.24, 2.45) is 0 Å². The molecule has 3 aromatic carbocycles. The highest BCUT2D eigenvalue weighted by molar-refractivity contribution is 7.80. The third kappa shape index (κ3) is 5.01. The molecule has 1 fully saturated rings. The lowest BCUT2D eigenvalue weighted by molar-refractivity contribution is 0.0697. The third-order valence-electron chi connectivity index (χ3n) is 7.68. The van der Waals surface area contributed by atoms with E-state index < -0.39 is 5.97 Å². The molecule has 8 heteroatoms. The Balaban J connectivity index is 1.44. The Morgan fingerprint density at radius 2 is 1.62 bits per heavy atom. The average Bonchev–Trinajstić information content (AvgIpc) is 3.49. The number of hydrogen-bond acceptors (Lipinski definition) is 4. The van der Waals surface area contributed by atoms with Gasteiger partial charge < -0.3 is 24.6 Å². The number of ether oxygens (including phenoxy) is 1. The first kappa shape index (κ1) is 27.2. The van der Waals surface area contributed by atoms with E-state index in [2.05, 4.69) is 32.8 Å². The third-order valence-corrected chi connectivity index (χ3v) is 7.99. The monoisotopic (exact) mass is 574 g/mol. The van der Waals surface area contributed by atoms with Crippen LogP contribution in [0.4, 0.5) is 5.69 Å². The Kier molecular flexibility index (Phi) is 7.22. The number of thiocarbonyl (C=S) groups is 1. The molecule has 0 aliphatic carbocycles. The summed E-state index contributed by atoms with van der Waals surface area (Å²) in [4.78, 5) is 18.6. The smallest absolute Gasteiger partial charge is 0.335 e. The van der Waals surface area contributed by atoms with Crippen LogP contribution < -0.4 is 15.0 Å². The fraction of sp³-hybridized carbons (Fsp3) is 0.147. The summed E-state index contributed by atoms with van der Waals surface area (Å²) in [6.45, 7) is 6.11.